The standard InChI is InChI=1S/C18H17Cl2N5O3/c1-9-7-10(2)25-17(21-9)22-14(24-25)15(26)23-18(3,16(27)28-4)11-5-6-12(19)13(20)8-11/h5-8H,1-4H3,(H,23,26). The van der Waals surface area contributed by atoms with Crippen molar-refractivity contribution in [1.29, 1.82) is 0 Å². The lowest BCUT2D eigenvalue weighted by atomic mass is 9.92. The molecule has 3 rings (SSSR count). The molecule has 28 heavy (non-hydrogen) atoms. The Hall–Kier alpha value is -2.71. The number of aromatic nitrogens is 4. The number of hydrogen-bond donors (Lipinski definition) is 1. The van der Waals surface area contributed by atoms with Crippen LogP contribution in [0, 0.1) is 13.8 Å². The molecule has 1 unspecified atom stereocenters. The molecular formula is C18H17Cl2N5O3. The van der Waals surface area contributed by atoms with Gasteiger partial charge in [0, 0.05) is 11.4 Å². The number of carbonyl (C=O) groups is 2. The van der Waals surface area contributed by atoms with Crippen LogP contribution in [0.25, 0.3) is 5.78 Å². The number of aryl methyl sites for hydroxylation is 2. The highest BCUT2D eigenvalue weighted by atomic mass is 35.5. The van der Waals surface area contributed by atoms with Crippen molar-refractivity contribution >= 4 is 40.9 Å². The number of fused-ring (bicyclic) bond motifs is 1. The predicted octanol–water partition coefficient (Wildman–Crippen LogP) is 2.87. The Balaban J connectivity index is 2.01. The fourth-order valence-electron chi connectivity index (χ4n) is 2.80. The van der Waals surface area contributed by atoms with E-state index < -0.39 is 17.4 Å². The molecule has 1 aromatic carbocycles. The highest BCUT2D eigenvalue weighted by molar-refractivity contribution is 6.42. The molecule has 0 spiro atoms. The molecule has 0 aliphatic carbocycles. The second-order valence-corrected chi connectivity index (χ2v) is 7.20. The number of hydrogen-bond acceptors (Lipinski definition) is 6. The second-order valence-electron chi connectivity index (χ2n) is 6.39. The lowest BCUT2D eigenvalue weighted by Crippen LogP contribution is -2.50. The molecule has 0 radical (unpaired) electrons. The lowest BCUT2D eigenvalue weighted by Gasteiger charge is -2.28. The average molecular weight is 422 g/mol. The summed E-state index contributed by atoms with van der Waals surface area (Å²) in [5.74, 6) is -1.19. The first kappa shape index (κ1) is 20.0. The summed E-state index contributed by atoms with van der Waals surface area (Å²) in [5.41, 5.74) is 0.389. The van der Waals surface area contributed by atoms with Crippen molar-refractivity contribution in [2.45, 2.75) is 26.3 Å². The van der Waals surface area contributed by atoms with Gasteiger partial charge in [-0.25, -0.2) is 14.3 Å². The van der Waals surface area contributed by atoms with Crippen molar-refractivity contribution in [3.63, 3.8) is 0 Å². The van der Waals surface area contributed by atoms with E-state index >= 15 is 0 Å². The van der Waals surface area contributed by atoms with Crippen LogP contribution in [0.1, 0.15) is 34.5 Å². The molecule has 2 aromatic heterocycles. The Bertz CT molecular complexity index is 1100. The summed E-state index contributed by atoms with van der Waals surface area (Å²) in [6.45, 7) is 5.14. The first-order valence-corrected chi connectivity index (χ1v) is 8.99. The summed E-state index contributed by atoms with van der Waals surface area (Å²) in [6, 6.07) is 6.42. The van der Waals surface area contributed by atoms with E-state index in [-0.39, 0.29) is 16.6 Å². The summed E-state index contributed by atoms with van der Waals surface area (Å²) >= 11 is 12.0. The first-order chi connectivity index (χ1) is 13.2. The van der Waals surface area contributed by atoms with Crippen LogP contribution in [0.3, 0.4) is 0 Å². The van der Waals surface area contributed by atoms with Gasteiger partial charge in [0.05, 0.1) is 17.2 Å². The quantitative estimate of drug-likeness (QED) is 0.650. The molecule has 0 aliphatic heterocycles. The van der Waals surface area contributed by atoms with E-state index in [0.717, 1.165) is 11.4 Å². The van der Waals surface area contributed by atoms with Gasteiger partial charge >= 0.3 is 5.97 Å². The van der Waals surface area contributed by atoms with Gasteiger partial charge in [-0.1, -0.05) is 29.3 Å². The summed E-state index contributed by atoms with van der Waals surface area (Å²) in [4.78, 5) is 33.7. The van der Waals surface area contributed by atoms with Gasteiger partial charge in [-0.3, -0.25) is 4.79 Å². The number of rotatable bonds is 4. The maximum absolute atomic E-state index is 12.8. The molecule has 0 aliphatic rings. The summed E-state index contributed by atoms with van der Waals surface area (Å²) in [5, 5.41) is 7.38. The lowest BCUT2D eigenvalue weighted by molar-refractivity contribution is -0.148. The van der Waals surface area contributed by atoms with Crippen LogP contribution in [0.2, 0.25) is 10.0 Å². The van der Waals surface area contributed by atoms with Gasteiger partial charge in [0.25, 0.3) is 11.7 Å². The van der Waals surface area contributed by atoms with Gasteiger partial charge in [0.1, 0.15) is 0 Å². The molecule has 1 atom stereocenters. The number of nitrogens with one attached hydrogen (secondary N) is 1. The van der Waals surface area contributed by atoms with E-state index in [4.69, 9.17) is 27.9 Å². The number of amides is 1. The third-order valence-electron chi connectivity index (χ3n) is 4.28. The van der Waals surface area contributed by atoms with Gasteiger partial charge < -0.3 is 10.1 Å². The minimum absolute atomic E-state index is 0.128. The summed E-state index contributed by atoms with van der Waals surface area (Å²) < 4.78 is 6.34. The Morgan fingerprint density at radius 2 is 1.86 bits per heavy atom. The topological polar surface area (TPSA) is 98.5 Å². The molecule has 0 saturated heterocycles. The largest absolute Gasteiger partial charge is 0.467 e. The molecule has 1 amide bonds. The number of methoxy groups -OCH3 is 1. The number of nitrogens with zero attached hydrogens (tertiary/aromatic N) is 4. The molecule has 0 fully saturated rings. The van der Waals surface area contributed by atoms with Gasteiger partial charge in [-0.15, -0.1) is 5.10 Å². The zero-order chi connectivity index (χ0) is 20.6. The van der Waals surface area contributed by atoms with Crippen LogP contribution in [-0.2, 0) is 15.1 Å². The Morgan fingerprint density at radius 3 is 2.50 bits per heavy atom. The SMILES string of the molecule is COC(=O)C(C)(NC(=O)c1nc2nc(C)cc(C)n2n1)c1ccc(Cl)c(Cl)c1. The van der Waals surface area contributed by atoms with Crippen LogP contribution in [0.4, 0.5) is 0 Å². The molecule has 3 aromatic rings. The fraction of sp³-hybridized carbons (Fsp3) is 0.278. The van der Waals surface area contributed by atoms with Crippen molar-refractivity contribution in [1.82, 2.24) is 24.9 Å². The van der Waals surface area contributed by atoms with Gasteiger partial charge in [0.15, 0.2) is 5.54 Å². The summed E-state index contributed by atoms with van der Waals surface area (Å²) in [6.07, 6.45) is 0. The normalized spacial score (nSPS) is 13.2. The van der Waals surface area contributed by atoms with Crippen molar-refractivity contribution in [3.8, 4) is 0 Å². The number of benzene rings is 1. The van der Waals surface area contributed by atoms with Crippen LogP contribution in [0.15, 0.2) is 24.3 Å². The zero-order valence-electron chi connectivity index (χ0n) is 15.6. The molecule has 2 heterocycles. The number of carbonyl (C=O) groups excluding carboxylic acids is 2. The van der Waals surface area contributed by atoms with E-state index in [1.165, 1.54) is 30.7 Å². The van der Waals surface area contributed by atoms with E-state index in [2.05, 4.69) is 20.4 Å². The zero-order valence-corrected chi connectivity index (χ0v) is 17.1. The van der Waals surface area contributed by atoms with Crippen LogP contribution in [0.5, 0.6) is 0 Å². The van der Waals surface area contributed by atoms with E-state index in [0.29, 0.717) is 10.6 Å². The highest BCUT2D eigenvalue weighted by Gasteiger charge is 2.39. The van der Waals surface area contributed by atoms with E-state index in [1.54, 1.807) is 6.07 Å². The first-order valence-electron chi connectivity index (χ1n) is 8.23. The van der Waals surface area contributed by atoms with Crippen molar-refractivity contribution < 1.29 is 14.3 Å². The maximum Gasteiger partial charge on any atom is 0.336 e. The molecular weight excluding hydrogens is 405 g/mol. The Morgan fingerprint density at radius 1 is 1.14 bits per heavy atom. The van der Waals surface area contributed by atoms with E-state index in [9.17, 15) is 9.59 Å². The predicted molar refractivity (Wildman–Crippen MR) is 104 cm³/mol. The average Bonchev–Trinajstić information content (AvgIpc) is 3.07. The van der Waals surface area contributed by atoms with Gasteiger partial charge in [-0.05, 0) is 44.5 Å². The Kier molecular flexibility index (Phi) is 5.27. The highest BCUT2D eigenvalue weighted by Crippen LogP contribution is 2.30. The van der Waals surface area contributed by atoms with E-state index in [1.807, 2.05) is 19.9 Å². The maximum atomic E-state index is 12.8. The number of halogens is 2. The van der Waals surface area contributed by atoms with Crippen molar-refractivity contribution in [2.75, 3.05) is 7.11 Å². The van der Waals surface area contributed by atoms with Crippen LogP contribution < -0.4 is 5.32 Å². The third kappa shape index (κ3) is 3.53. The fourth-order valence-corrected chi connectivity index (χ4v) is 3.10. The Labute approximate surface area is 170 Å². The molecule has 8 nitrogen and oxygen atoms in total. The molecule has 10 heteroatoms. The second kappa shape index (κ2) is 7.37. The summed E-state index contributed by atoms with van der Waals surface area (Å²) in [7, 11) is 1.23. The number of esters is 1. The molecule has 0 bridgehead atoms. The third-order valence-corrected chi connectivity index (χ3v) is 5.01. The van der Waals surface area contributed by atoms with Crippen molar-refractivity contribution in [2.24, 2.45) is 0 Å². The minimum Gasteiger partial charge on any atom is -0.467 e. The van der Waals surface area contributed by atoms with Gasteiger partial charge in [0.2, 0.25) is 5.82 Å². The molecule has 0 saturated carbocycles. The number of ether oxygens (including phenoxy) is 1. The monoisotopic (exact) mass is 421 g/mol. The van der Waals surface area contributed by atoms with Crippen molar-refractivity contribution in [3.05, 3.63) is 57.1 Å². The van der Waals surface area contributed by atoms with Crippen LogP contribution >= 0.6 is 23.2 Å². The minimum atomic E-state index is -1.53. The molecule has 146 valence electrons. The van der Waals surface area contributed by atoms with Gasteiger partial charge in [-0.2, -0.15) is 4.98 Å². The van der Waals surface area contributed by atoms with Crippen LogP contribution in [-0.4, -0.2) is 38.6 Å². The smallest absolute Gasteiger partial charge is 0.336 e. The molecule has 1 N–H and O–H groups in total.